The normalized spacial score (nSPS) is 9.75. The molecule has 5 nitrogen and oxygen atoms in total. The van der Waals surface area contributed by atoms with Crippen molar-refractivity contribution in [1.82, 2.24) is 9.13 Å². The Kier molecular flexibility index (Phi) is 4.69. The van der Waals surface area contributed by atoms with E-state index in [0.29, 0.717) is 17.0 Å². The zero-order valence-electron chi connectivity index (χ0n) is 12.0. The number of imidazole rings is 1. The summed E-state index contributed by atoms with van der Waals surface area (Å²) >= 11 is 0. The summed E-state index contributed by atoms with van der Waals surface area (Å²) in [4.78, 5) is 21.3. The van der Waals surface area contributed by atoms with E-state index in [2.05, 4.69) is 13.2 Å². The van der Waals surface area contributed by atoms with Gasteiger partial charge in [0.05, 0.1) is 11.0 Å². The number of carbonyl (C=O) groups is 1. The molecule has 2 rings (SSSR count). The molecule has 0 radical (unpaired) electrons. The summed E-state index contributed by atoms with van der Waals surface area (Å²) in [6, 6.07) is 5.40. The quantitative estimate of drug-likeness (QED) is 0.518. The molecule has 2 aromatic rings. The van der Waals surface area contributed by atoms with Gasteiger partial charge in [0.25, 0.3) is 0 Å². The molecule has 1 aromatic heterocycles. The third kappa shape index (κ3) is 3.06. The molecular weight excluding hydrogens is 254 g/mol. The first kappa shape index (κ1) is 15.5. The number of fused-ring (bicyclic) bond motifs is 1. The number of nitrogen functional groups attached to an aromatic ring is 1. The summed E-state index contributed by atoms with van der Waals surface area (Å²) in [7, 11) is 1.74. The van der Waals surface area contributed by atoms with Crippen LogP contribution >= 0.6 is 0 Å². The minimum Gasteiger partial charge on any atom is -0.399 e. The largest absolute Gasteiger partial charge is 0.399 e. The number of benzene rings is 1. The molecule has 0 saturated heterocycles. The van der Waals surface area contributed by atoms with Crippen molar-refractivity contribution in [2.45, 2.75) is 13.8 Å². The van der Waals surface area contributed by atoms with E-state index in [1.165, 1.54) is 0 Å². The Morgan fingerprint density at radius 2 is 1.80 bits per heavy atom. The molecule has 0 aliphatic heterocycles. The minimum atomic E-state index is -0.0944. The van der Waals surface area contributed by atoms with Crippen LogP contribution < -0.4 is 11.4 Å². The van der Waals surface area contributed by atoms with Crippen LogP contribution in [0.25, 0.3) is 16.7 Å². The Morgan fingerprint density at radius 1 is 1.25 bits per heavy atom. The van der Waals surface area contributed by atoms with Gasteiger partial charge in [0.15, 0.2) is 0 Å². The maximum Gasteiger partial charge on any atom is 0.333 e. The highest BCUT2D eigenvalue weighted by molar-refractivity contribution is 5.82. The van der Waals surface area contributed by atoms with E-state index in [-0.39, 0.29) is 5.69 Å². The molecule has 2 N–H and O–H groups in total. The summed E-state index contributed by atoms with van der Waals surface area (Å²) in [6.45, 7) is 10.5. The fraction of sp³-hybridized carbons (Fsp3) is 0.200. The summed E-state index contributed by atoms with van der Waals surface area (Å²) in [5.41, 5.74) is 9.17. The molecule has 0 fully saturated rings. The summed E-state index contributed by atoms with van der Waals surface area (Å²) in [6.07, 6.45) is 0.722. The van der Waals surface area contributed by atoms with Crippen molar-refractivity contribution in [1.29, 1.82) is 0 Å². The lowest BCUT2D eigenvalue weighted by Crippen LogP contribution is -2.20. The number of hydrogen-bond donors (Lipinski definition) is 1. The number of nitrogens with zero attached hydrogens (tertiary/aromatic N) is 2. The van der Waals surface area contributed by atoms with Gasteiger partial charge in [0.2, 0.25) is 0 Å². The monoisotopic (exact) mass is 273 g/mol. The van der Waals surface area contributed by atoms with Gasteiger partial charge in [-0.3, -0.25) is 13.9 Å². The van der Waals surface area contributed by atoms with Crippen LogP contribution in [-0.4, -0.2) is 15.4 Å². The Morgan fingerprint density at radius 3 is 2.25 bits per heavy atom. The average molecular weight is 273 g/mol. The number of allylic oxidation sites excluding steroid dienone is 2. The number of rotatable bonds is 2. The second kappa shape index (κ2) is 6.06. The van der Waals surface area contributed by atoms with Gasteiger partial charge < -0.3 is 5.73 Å². The molecule has 1 heterocycles. The number of aldehydes is 1. The summed E-state index contributed by atoms with van der Waals surface area (Å²) in [5.74, 6) is 0. The SMILES string of the molecule is C=C(C)C=O.C=C(C)n1c(=O)n(C)c2ccc(N)cc21. The van der Waals surface area contributed by atoms with Crippen LogP contribution in [0.2, 0.25) is 0 Å². The predicted molar refractivity (Wildman–Crippen MR) is 83.5 cm³/mol. The van der Waals surface area contributed by atoms with Crippen molar-refractivity contribution >= 4 is 28.7 Å². The fourth-order valence-electron chi connectivity index (χ4n) is 1.73. The Hall–Kier alpha value is -2.56. The Balaban J connectivity index is 0.000000347. The molecule has 1 aromatic carbocycles. The van der Waals surface area contributed by atoms with Crippen LogP contribution in [0.5, 0.6) is 0 Å². The number of carbonyl (C=O) groups excluding carboxylic acids is 1. The van der Waals surface area contributed by atoms with Crippen LogP contribution in [0, 0.1) is 0 Å². The van der Waals surface area contributed by atoms with Crippen molar-refractivity contribution in [3.8, 4) is 0 Å². The molecule has 106 valence electrons. The van der Waals surface area contributed by atoms with Gasteiger partial charge in [-0.25, -0.2) is 4.79 Å². The van der Waals surface area contributed by atoms with Gasteiger partial charge in [-0.05, 0) is 37.6 Å². The topological polar surface area (TPSA) is 70.0 Å². The zero-order chi connectivity index (χ0) is 15.4. The highest BCUT2D eigenvalue weighted by Gasteiger charge is 2.10. The lowest BCUT2D eigenvalue weighted by atomic mass is 10.2. The van der Waals surface area contributed by atoms with Gasteiger partial charge in [0.1, 0.15) is 6.29 Å². The zero-order valence-corrected chi connectivity index (χ0v) is 12.0. The lowest BCUT2D eigenvalue weighted by molar-refractivity contribution is -0.104. The van der Waals surface area contributed by atoms with Crippen molar-refractivity contribution in [2.24, 2.45) is 7.05 Å². The van der Waals surface area contributed by atoms with Gasteiger partial charge in [-0.2, -0.15) is 0 Å². The van der Waals surface area contributed by atoms with E-state index >= 15 is 0 Å². The van der Waals surface area contributed by atoms with Crippen molar-refractivity contribution < 1.29 is 4.79 Å². The van der Waals surface area contributed by atoms with E-state index in [0.717, 1.165) is 17.3 Å². The van der Waals surface area contributed by atoms with E-state index in [1.807, 2.05) is 6.07 Å². The van der Waals surface area contributed by atoms with Crippen LogP contribution in [0.4, 0.5) is 5.69 Å². The number of anilines is 1. The van der Waals surface area contributed by atoms with E-state index in [4.69, 9.17) is 5.73 Å². The highest BCUT2D eigenvalue weighted by atomic mass is 16.1. The highest BCUT2D eigenvalue weighted by Crippen LogP contribution is 2.18. The molecule has 0 bridgehead atoms. The van der Waals surface area contributed by atoms with E-state index in [1.54, 1.807) is 42.2 Å². The first-order valence-corrected chi connectivity index (χ1v) is 6.03. The van der Waals surface area contributed by atoms with Gasteiger partial charge >= 0.3 is 5.69 Å². The summed E-state index contributed by atoms with van der Waals surface area (Å²) < 4.78 is 3.15. The van der Waals surface area contributed by atoms with Crippen molar-refractivity contribution in [2.75, 3.05) is 5.73 Å². The smallest absolute Gasteiger partial charge is 0.333 e. The minimum absolute atomic E-state index is 0.0944. The molecule has 0 atom stereocenters. The molecule has 0 unspecified atom stereocenters. The standard InChI is InChI=1S/C11H13N3O.C4H6O/c1-7(2)14-10-6-8(12)4-5-9(10)13(3)11(14)15;1-4(2)3-5/h4-6H,1,12H2,2-3H3;3H,1H2,2H3. The maximum atomic E-state index is 11.9. The summed E-state index contributed by atoms with van der Waals surface area (Å²) in [5, 5.41) is 0. The molecule has 5 heteroatoms. The van der Waals surface area contributed by atoms with Crippen molar-refractivity contribution in [3.05, 3.63) is 47.4 Å². The van der Waals surface area contributed by atoms with Crippen LogP contribution in [0.15, 0.2) is 41.7 Å². The third-order valence-corrected chi connectivity index (χ3v) is 2.66. The molecule has 0 aliphatic carbocycles. The lowest BCUT2D eigenvalue weighted by Gasteiger charge is -2.00. The van der Waals surface area contributed by atoms with Crippen LogP contribution in [0.3, 0.4) is 0 Å². The Labute approximate surface area is 117 Å². The molecule has 0 amide bonds. The van der Waals surface area contributed by atoms with Crippen LogP contribution in [-0.2, 0) is 11.8 Å². The number of aromatic nitrogens is 2. The first-order chi connectivity index (χ1) is 9.29. The molecule has 0 saturated carbocycles. The maximum absolute atomic E-state index is 11.9. The number of hydrogen-bond acceptors (Lipinski definition) is 3. The molecule has 0 aliphatic rings. The fourth-order valence-corrected chi connectivity index (χ4v) is 1.73. The molecule has 20 heavy (non-hydrogen) atoms. The van der Waals surface area contributed by atoms with Gasteiger partial charge in [-0.1, -0.05) is 13.2 Å². The predicted octanol–water partition coefficient (Wildman–Crippen LogP) is 2.17. The number of nitrogens with two attached hydrogens (primary N) is 1. The molecular formula is C15H19N3O2. The second-order valence-electron chi connectivity index (χ2n) is 4.62. The van der Waals surface area contributed by atoms with Crippen molar-refractivity contribution in [3.63, 3.8) is 0 Å². The Bertz CT molecular complexity index is 735. The number of aryl methyl sites for hydroxylation is 1. The first-order valence-electron chi connectivity index (χ1n) is 6.03. The van der Waals surface area contributed by atoms with Gasteiger partial charge in [-0.15, -0.1) is 0 Å². The van der Waals surface area contributed by atoms with Gasteiger partial charge in [0, 0.05) is 18.4 Å². The third-order valence-electron chi connectivity index (χ3n) is 2.66. The molecule has 0 spiro atoms. The van der Waals surface area contributed by atoms with E-state index < -0.39 is 0 Å². The van der Waals surface area contributed by atoms with Crippen LogP contribution in [0.1, 0.15) is 13.8 Å². The average Bonchev–Trinajstić information content (AvgIpc) is 2.62. The second-order valence-corrected chi connectivity index (χ2v) is 4.62. The van der Waals surface area contributed by atoms with E-state index in [9.17, 15) is 9.59 Å².